The summed E-state index contributed by atoms with van der Waals surface area (Å²) < 4.78 is 0.969. The van der Waals surface area contributed by atoms with Crippen molar-refractivity contribution in [3.63, 3.8) is 0 Å². The topological polar surface area (TPSA) is 40.5 Å². The molecule has 2 heterocycles. The summed E-state index contributed by atoms with van der Waals surface area (Å²) in [6, 6.07) is 0.190. The molecule has 3 nitrogen and oxygen atoms in total. The van der Waals surface area contributed by atoms with Crippen LogP contribution in [-0.4, -0.2) is 53.1 Å². The van der Waals surface area contributed by atoms with Gasteiger partial charge in [0.2, 0.25) is 0 Å². The van der Waals surface area contributed by atoms with Crippen LogP contribution in [0.25, 0.3) is 0 Å². The lowest BCUT2D eigenvalue weighted by Gasteiger charge is -2.35. The van der Waals surface area contributed by atoms with Gasteiger partial charge in [0.1, 0.15) is 12.1 Å². The number of nitrogens with zero attached hydrogens (tertiary/aromatic N) is 1. The molecule has 74 valence electrons. The second-order valence-electron chi connectivity index (χ2n) is 4.18. The lowest BCUT2D eigenvalue weighted by atomic mass is 10.0. The first-order valence-corrected chi connectivity index (χ1v) is 5.07. The Bertz CT molecular complexity index is 239. The van der Waals surface area contributed by atoms with Crippen molar-refractivity contribution in [2.75, 3.05) is 26.2 Å². The Kier molecular flexibility index (Phi) is 2.18. The summed E-state index contributed by atoms with van der Waals surface area (Å²) in [6.45, 7) is 5.39. The maximum absolute atomic E-state index is 9.83. The van der Waals surface area contributed by atoms with Crippen molar-refractivity contribution < 1.29 is 14.7 Å². The minimum Gasteiger partial charge on any atom is -0.392 e. The third kappa shape index (κ3) is 1.15. The number of quaternary nitrogens is 1. The largest absolute Gasteiger partial charge is 0.392 e. The molecule has 2 aliphatic rings. The zero-order valence-electron chi connectivity index (χ0n) is 8.11. The maximum Gasteiger partial charge on any atom is 0.140 e. The monoisotopic (exact) mass is 184 g/mol. The summed E-state index contributed by atoms with van der Waals surface area (Å²) in [5, 5.41) is 19.0. The van der Waals surface area contributed by atoms with E-state index in [1.165, 1.54) is 0 Å². The average molecular weight is 184 g/mol. The zero-order chi connectivity index (χ0) is 9.47. The number of fused-ring (bicyclic) bond motifs is 1. The number of rotatable bonds is 2. The molecule has 0 radical (unpaired) electrons. The van der Waals surface area contributed by atoms with E-state index in [2.05, 4.69) is 13.0 Å². The Labute approximate surface area is 78.9 Å². The smallest absolute Gasteiger partial charge is 0.140 e. The predicted molar refractivity (Wildman–Crippen MR) is 50.1 cm³/mol. The second-order valence-corrected chi connectivity index (χ2v) is 4.18. The van der Waals surface area contributed by atoms with Gasteiger partial charge in [0, 0.05) is 12.0 Å². The molecule has 3 heteroatoms. The van der Waals surface area contributed by atoms with E-state index in [1.54, 1.807) is 0 Å². The molecule has 1 fully saturated rings. The van der Waals surface area contributed by atoms with Gasteiger partial charge in [-0.15, -0.1) is 0 Å². The molecule has 1 saturated heterocycles. The van der Waals surface area contributed by atoms with Crippen molar-refractivity contribution >= 4 is 0 Å². The molecule has 0 saturated carbocycles. The van der Waals surface area contributed by atoms with E-state index in [9.17, 15) is 5.11 Å². The molecule has 0 aliphatic carbocycles. The third-order valence-electron chi connectivity index (χ3n) is 3.73. The molecule has 13 heavy (non-hydrogen) atoms. The van der Waals surface area contributed by atoms with E-state index < -0.39 is 0 Å². The average Bonchev–Trinajstić information content (AvgIpc) is 2.66. The first kappa shape index (κ1) is 9.19. The molecule has 0 aromatic heterocycles. The molecule has 2 aliphatic heterocycles. The van der Waals surface area contributed by atoms with E-state index in [-0.39, 0.29) is 18.8 Å². The molecular formula is C10H18NO2+. The highest BCUT2D eigenvalue weighted by molar-refractivity contribution is 5.17. The molecule has 0 bridgehead atoms. The van der Waals surface area contributed by atoms with Gasteiger partial charge in [-0.25, -0.2) is 0 Å². The van der Waals surface area contributed by atoms with Gasteiger partial charge in [0.15, 0.2) is 0 Å². The summed E-state index contributed by atoms with van der Waals surface area (Å²) >= 11 is 0. The summed E-state index contributed by atoms with van der Waals surface area (Å²) in [5.41, 5.74) is 1.05. The number of aliphatic hydroxyl groups is 2. The normalized spacial score (nSPS) is 43.5. The van der Waals surface area contributed by atoms with Gasteiger partial charge in [0.25, 0.3) is 0 Å². The summed E-state index contributed by atoms with van der Waals surface area (Å²) in [7, 11) is 0. The van der Waals surface area contributed by atoms with Crippen molar-refractivity contribution in [3.05, 3.63) is 11.6 Å². The Morgan fingerprint density at radius 2 is 2.38 bits per heavy atom. The maximum atomic E-state index is 9.83. The van der Waals surface area contributed by atoms with Crippen LogP contribution in [0.15, 0.2) is 11.6 Å². The number of aliphatic hydroxyl groups excluding tert-OH is 2. The Morgan fingerprint density at radius 3 is 3.00 bits per heavy atom. The van der Waals surface area contributed by atoms with Crippen LogP contribution in [0.4, 0.5) is 0 Å². The van der Waals surface area contributed by atoms with E-state index in [0.29, 0.717) is 0 Å². The fraction of sp³-hybridized carbons (Fsp3) is 0.800. The van der Waals surface area contributed by atoms with Crippen LogP contribution >= 0.6 is 0 Å². The Morgan fingerprint density at radius 1 is 1.62 bits per heavy atom. The van der Waals surface area contributed by atoms with Crippen LogP contribution < -0.4 is 0 Å². The van der Waals surface area contributed by atoms with Gasteiger partial charge in [-0.1, -0.05) is 0 Å². The van der Waals surface area contributed by atoms with Gasteiger partial charge < -0.3 is 14.7 Å². The highest BCUT2D eigenvalue weighted by atomic mass is 16.3. The molecule has 3 unspecified atom stereocenters. The lowest BCUT2D eigenvalue weighted by Crippen LogP contribution is -2.51. The van der Waals surface area contributed by atoms with Crippen molar-refractivity contribution in [1.29, 1.82) is 0 Å². The van der Waals surface area contributed by atoms with Crippen molar-refractivity contribution in [3.8, 4) is 0 Å². The minimum atomic E-state index is -0.235. The molecular weight excluding hydrogens is 166 g/mol. The lowest BCUT2D eigenvalue weighted by molar-refractivity contribution is -0.923. The second kappa shape index (κ2) is 3.08. The van der Waals surface area contributed by atoms with E-state index >= 15 is 0 Å². The quantitative estimate of drug-likeness (QED) is 0.464. The molecule has 2 rings (SSSR count). The van der Waals surface area contributed by atoms with Crippen LogP contribution in [0.3, 0.4) is 0 Å². The van der Waals surface area contributed by atoms with Crippen LogP contribution in [0.5, 0.6) is 0 Å². The van der Waals surface area contributed by atoms with Gasteiger partial charge in [-0.2, -0.15) is 0 Å². The standard InChI is InChI=1S/C10H18NO2/c1-2-11-5-3-8(7-12)10(11)9(13)4-6-11/h3,9-10,12-13H,2,4-7H2,1H3/q+1. The summed E-state index contributed by atoms with van der Waals surface area (Å²) in [6.07, 6.45) is 2.76. The number of hydrogen-bond acceptors (Lipinski definition) is 2. The summed E-state index contributed by atoms with van der Waals surface area (Å²) in [5.74, 6) is 0. The van der Waals surface area contributed by atoms with Gasteiger partial charge in [-0.3, -0.25) is 0 Å². The van der Waals surface area contributed by atoms with Gasteiger partial charge in [0.05, 0.1) is 26.2 Å². The van der Waals surface area contributed by atoms with Gasteiger partial charge in [-0.05, 0) is 13.0 Å². The molecule has 0 aromatic rings. The third-order valence-corrected chi connectivity index (χ3v) is 3.73. The van der Waals surface area contributed by atoms with Crippen LogP contribution in [0.1, 0.15) is 13.3 Å². The van der Waals surface area contributed by atoms with Crippen molar-refractivity contribution in [1.82, 2.24) is 0 Å². The fourth-order valence-corrected chi connectivity index (χ4v) is 2.92. The molecule has 0 spiro atoms. The van der Waals surface area contributed by atoms with Crippen LogP contribution in [0.2, 0.25) is 0 Å². The highest BCUT2D eigenvalue weighted by Gasteiger charge is 2.50. The van der Waals surface area contributed by atoms with Gasteiger partial charge >= 0.3 is 0 Å². The minimum absolute atomic E-state index is 0.113. The molecule has 3 atom stereocenters. The number of likely N-dealkylation sites (N-methyl/N-ethyl adjacent to an activating group) is 1. The highest BCUT2D eigenvalue weighted by Crippen LogP contribution is 2.36. The Hall–Kier alpha value is -0.380. The fourth-order valence-electron chi connectivity index (χ4n) is 2.92. The van der Waals surface area contributed by atoms with E-state index in [1.807, 2.05) is 0 Å². The Balaban J connectivity index is 2.26. The molecule has 0 aromatic carbocycles. The SMILES string of the molecule is CC[N+]12CC=C(CO)C1C(O)CC2. The zero-order valence-corrected chi connectivity index (χ0v) is 8.11. The molecule has 2 N–H and O–H groups in total. The van der Waals surface area contributed by atoms with E-state index in [4.69, 9.17) is 5.11 Å². The molecule has 0 amide bonds. The van der Waals surface area contributed by atoms with Crippen molar-refractivity contribution in [2.45, 2.75) is 25.5 Å². The first-order chi connectivity index (χ1) is 6.23. The van der Waals surface area contributed by atoms with Crippen LogP contribution in [0, 0.1) is 0 Å². The van der Waals surface area contributed by atoms with Crippen LogP contribution in [-0.2, 0) is 0 Å². The van der Waals surface area contributed by atoms with E-state index in [0.717, 1.165) is 36.1 Å². The van der Waals surface area contributed by atoms with Crippen molar-refractivity contribution in [2.24, 2.45) is 0 Å². The first-order valence-electron chi connectivity index (χ1n) is 5.07. The summed E-state index contributed by atoms with van der Waals surface area (Å²) in [4.78, 5) is 0. The number of hydrogen-bond donors (Lipinski definition) is 2. The predicted octanol–water partition coefficient (Wildman–Crippen LogP) is -0.111.